The number of rotatable bonds is 1. The lowest BCUT2D eigenvalue weighted by molar-refractivity contribution is -0.152. The van der Waals surface area contributed by atoms with E-state index >= 15 is 0 Å². The summed E-state index contributed by atoms with van der Waals surface area (Å²) in [7, 11) is 0. The Bertz CT molecular complexity index is 368. The van der Waals surface area contributed by atoms with Crippen molar-refractivity contribution in [1.29, 1.82) is 0 Å². The van der Waals surface area contributed by atoms with Crippen molar-refractivity contribution in [1.82, 2.24) is 0 Å². The van der Waals surface area contributed by atoms with Crippen molar-refractivity contribution in [2.24, 2.45) is 0 Å². The van der Waals surface area contributed by atoms with Gasteiger partial charge in [-0.1, -0.05) is 0 Å². The Kier molecular flexibility index (Phi) is 1.95. The van der Waals surface area contributed by atoms with Gasteiger partial charge in [0.15, 0.2) is 4.67 Å². The van der Waals surface area contributed by atoms with E-state index in [1.807, 2.05) is 0 Å². The van der Waals surface area contributed by atoms with Crippen LogP contribution in [-0.2, 0) is 14.3 Å². The van der Waals surface area contributed by atoms with Crippen molar-refractivity contribution in [3.8, 4) is 0 Å². The highest BCUT2D eigenvalue weighted by Gasteiger charge is 2.36. The number of hydrogen-bond acceptors (Lipinski definition) is 4. The number of hydrogen-bond donors (Lipinski definition) is 0. The van der Waals surface area contributed by atoms with Crippen molar-refractivity contribution in [3.05, 3.63) is 22.6 Å². The molecular weight excluding hydrogens is 240 g/mol. The van der Waals surface area contributed by atoms with Gasteiger partial charge >= 0.3 is 11.9 Å². The van der Waals surface area contributed by atoms with Gasteiger partial charge in [-0.25, -0.2) is 0 Å². The van der Waals surface area contributed by atoms with E-state index in [0.717, 1.165) is 0 Å². The standard InChI is InChI=1S/C8H5BrO4/c9-6-2-1-5(12-6)4-3-7(10)13-8(4)11/h1-2,4H,3H2. The molecule has 2 heterocycles. The third kappa shape index (κ3) is 1.51. The topological polar surface area (TPSA) is 56.5 Å². The van der Waals surface area contributed by atoms with Gasteiger partial charge in [-0.15, -0.1) is 0 Å². The van der Waals surface area contributed by atoms with Crippen LogP contribution in [0.25, 0.3) is 0 Å². The fraction of sp³-hybridized carbons (Fsp3) is 0.250. The predicted molar refractivity (Wildman–Crippen MR) is 44.9 cm³/mol. The second kappa shape index (κ2) is 2.99. The Morgan fingerprint density at radius 3 is 2.62 bits per heavy atom. The van der Waals surface area contributed by atoms with Crippen LogP contribution in [0.2, 0.25) is 0 Å². The molecule has 13 heavy (non-hydrogen) atoms. The highest BCUT2D eigenvalue weighted by molar-refractivity contribution is 9.10. The smallest absolute Gasteiger partial charge is 0.324 e. The summed E-state index contributed by atoms with van der Waals surface area (Å²) >= 11 is 3.11. The lowest BCUT2D eigenvalue weighted by Gasteiger charge is -1.97. The third-order valence-corrected chi connectivity index (χ3v) is 2.23. The molecule has 2 rings (SSSR count). The number of carbonyl (C=O) groups excluding carboxylic acids is 2. The van der Waals surface area contributed by atoms with Gasteiger partial charge in [0.2, 0.25) is 0 Å². The molecule has 0 N–H and O–H groups in total. The van der Waals surface area contributed by atoms with E-state index in [0.29, 0.717) is 10.4 Å². The van der Waals surface area contributed by atoms with Crippen LogP contribution in [-0.4, -0.2) is 11.9 Å². The molecule has 1 aliphatic heterocycles. The minimum atomic E-state index is -0.571. The van der Waals surface area contributed by atoms with E-state index in [1.165, 1.54) is 0 Å². The van der Waals surface area contributed by atoms with Crippen molar-refractivity contribution < 1.29 is 18.7 Å². The molecule has 0 aromatic carbocycles. The molecule has 1 aliphatic rings. The molecule has 0 spiro atoms. The van der Waals surface area contributed by atoms with E-state index < -0.39 is 17.9 Å². The van der Waals surface area contributed by atoms with Crippen molar-refractivity contribution in [2.75, 3.05) is 0 Å². The van der Waals surface area contributed by atoms with E-state index in [9.17, 15) is 9.59 Å². The molecule has 1 fully saturated rings. The molecule has 1 aromatic heterocycles. The lowest BCUT2D eigenvalue weighted by atomic mass is 10.1. The summed E-state index contributed by atoms with van der Waals surface area (Å²) in [5.74, 6) is -1.14. The lowest BCUT2D eigenvalue weighted by Crippen LogP contribution is -2.04. The summed E-state index contributed by atoms with van der Waals surface area (Å²) in [6.45, 7) is 0. The Labute approximate surface area is 82.0 Å². The van der Waals surface area contributed by atoms with Gasteiger partial charge in [-0.2, -0.15) is 0 Å². The summed E-state index contributed by atoms with van der Waals surface area (Å²) < 4.78 is 10.1. The number of carbonyl (C=O) groups is 2. The maximum atomic E-state index is 11.1. The summed E-state index contributed by atoms with van der Waals surface area (Å²) in [5.41, 5.74) is 0. The minimum Gasteiger partial charge on any atom is -0.453 e. The largest absolute Gasteiger partial charge is 0.453 e. The van der Waals surface area contributed by atoms with Crippen LogP contribution in [0, 0.1) is 0 Å². The third-order valence-electron chi connectivity index (χ3n) is 1.81. The van der Waals surface area contributed by atoms with Crippen LogP contribution in [0.15, 0.2) is 21.2 Å². The molecule has 4 nitrogen and oxygen atoms in total. The Hall–Kier alpha value is -1.10. The van der Waals surface area contributed by atoms with Gasteiger partial charge in [0.05, 0.1) is 6.42 Å². The van der Waals surface area contributed by atoms with Crippen molar-refractivity contribution in [2.45, 2.75) is 12.3 Å². The zero-order chi connectivity index (χ0) is 9.42. The van der Waals surface area contributed by atoms with Gasteiger partial charge in [0, 0.05) is 0 Å². The number of esters is 2. The number of cyclic esters (lactones) is 2. The molecule has 0 saturated carbocycles. The number of ether oxygens (including phenoxy) is 1. The molecule has 1 aromatic rings. The molecule has 0 aliphatic carbocycles. The molecular formula is C8H5BrO4. The molecule has 5 heteroatoms. The van der Waals surface area contributed by atoms with Crippen molar-refractivity contribution in [3.63, 3.8) is 0 Å². The summed E-state index contributed by atoms with van der Waals surface area (Å²) in [6.07, 6.45) is 0.0682. The van der Waals surface area contributed by atoms with Gasteiger partial charge in [0.25, 0.3) is 0 Å². The van der Waals surface area contributed by atoms with E-state index in [4.69, 9.17) is 4.42 Å². The van der Waals surface area contributed by atoms with E-state index in [2.05, 4.69) is 20.7 Å². The normalized spacial score (nSPS) is 22.1. The first kappa shape index (κ1) is 8.50. The highest BCUT2D eigenvalue weighted by atomic mass is 79.9. The van der Waals surface area contributed by atoms with Crippen LogP contribution < -0.4 is 0 Å². The SMILES string of the molecule is O=C1CC(c2ccc(Br)o2)C(=O)O1. The Morgan fingerprint density at radius 2 is 2.15 bits per heavy atom. The van der Waals surface area contributed by atoms with Crippen molar-refractivity contribution >= 4 is 27.9 Å². The van der Waals surface area contributed by atoms with Crippen LogP contribution >= 0.6 is 15.9 Å². The first-order valence-corrected chi connectivity index (χ1v) is 4.46. The molecule has 1 unspecified atom stereocenters. The van der Waals surface area contributed by atoms with E-state index in [1.54, 1.807) is 12.1 Å². The van der Waals surface area contributed by atoms with Crippen LogP contribution in [0.4, 0.5) is 0 Å². The number of halogens is 1. The average molecular weight is 245 g/mol. The zero-order valence-electron chi connectivity index (χ0n) is 6.45. The molecule has 1 saturated heterocycles. The molecule has 1 atom stereocenters. The second-order valence-electron chi connectivity index (χ2n) is 2.69. The summed E-state index contributed by atoms with van der Waals surface area (Å²) in [6, 6.07) is 3.32. The predicted octanol–water partition coefficient (Wildman–Crippen LogP) is 1.60. The molecule has 0 amide bonds. The van der Waals surface area contributed by atoms with Gasteiger partial charge in [-0.05, 0) is 28.1 Å². The first-order valence-electron chi connectivity index (χ1n) is 3.66. The van der Waals surface area contributed by atoms with Crippen LogP contribution in [0.1, 0.15) is 18.1 Å². The maximum absolute atomic E-state index is 11.1. The quantitative estimate of drug-likeness (QED) is 0.557. The van der Waals surface area contributed by atoms with Gasteiger partial charge < -0.3 is 9.15 Å². The maximum Gasteiger partial charge on any atom is 0.324 e. The second-order valence-corrected chi connectivity index (χ2v) is 3.47. The monoisotopic (exact) mass is 244 g/mol. The fourth-order valence-electron chi connectivity index (χ4n) is 1.21. The number of furan rings is 1. The van der Waals surface area contributed by atoms with Gasteiger partial charge in [0.1, 0.15) is 11.7 Å². The van der Waals surface area contributed by atoms with Crippen LogP contribution in [0.5, 0.6) is 0 Å². The minimum absolute atomic E-state index is 0.0682. The first-order chi connectivity index (χ1) is 6.16. The Morgan fingerprint density at radius 1 is 1.38 bits per heavy atom. The Balaban J connectivity index is 2.27. The van der Waals surface area contributed by atoms with Gasteiger partial charge in [-0.3, -0.25) is 9.59 Å². The molecule has 0 bridgehead atoms. The summed E-state index contributed by atoms with van der Waals surface area (Å²) in [4.78, 5) is 21.8. The molecule has 0 radical (unpaired) electrons. The van der Waals surface area contributed by atoms with E-state index in [-0.39, 0.29) is 6.42 Å². The summed E-state index contributed by atoms with van der Waals surface area (Å²) in [5, 5.41) is 0. The fourth-order valence-corrected chi connectivity index (χ4v) is 1.53. The van der Waals surface area contributed by atoms with Crippen LogP contribution in [0.3, 0.4) is 0 Å². The molecule has 68 valence electrons. The average Bonchev–Trinajstić information content (AvgIpc) is 2.58. The zero-order valence-corrected chi connectivity index (χ0v) is 8.04. The highest BCUT2D eigenvalue weighted by Crippen LogP contribution is 2.30.